The van der Waals surface area contributed by atoms with Gasteiger partial charge in [0.2, 0.25) is 0 Å². The molecule has 0 bridgehead atoms. The Kier molecular flexibility index (Phi) is 8.49. The normalized spacial score (nSPS) is 15.6. The zero-order valence-electron chi connectivity index (χ0n) is 26.1. The summed E-state index contributed by atoms with van der Waals surface area (Å²) >= 11 is 6.90. The number of halogens is 1. The molecule has 0 unspecified atom stereocenters. The second-order valence-corrected chi connectivity index (χ2v) is 12.8. The highest BCUT2D eigenvalue weighted by Crippen LogP contribution is 2.36. The van der Waals surface area contributed by atoms with Crippen LogP contribution in [0.5, 0.6) is 0 Å². The zero-order valence-corrected chi connectivity index (χ0v) is 26.8. The van der Waals surface area contributed by atoms with Gasteiger partial charge in [-0.1, -0.05) is 49.7 Å². The van der Waals surface area contributed by atoms with Crippen molar-refractivity contribution < 1.29 is 14.3 Å². The lowest BCUT2D eigenvalue weighted by Gasteiger charge is -2.41. The second kappa shape index (κ2) is 12.0. The van der Waals surface area contributed by atoms with E-state index in [1.807, 2.05) is 65.5 Å². The van der Waals surface area contributed by atoms with Crippen LogP contribution >= 0.6 is 11.6 Å². The molecule has 4 aromatic rings. The van der Waals surface area contributed by atoms with E-state index >= 15 is 0 Å². The van der Waals surface area contributed by atoms with Gasteiger partial charge in [0.05, 0.1) is 27.5 Å². The molecule has 1 amide bonds. The number of carbonyl (C=O) groups excluding carboxylic acids is 2. The maximum absolute atomic E-state index is 14.1. The van der Waals surface area contributed by atoms with Crippen LogP contribution in [0.15, 0.2) is 47.4 Å². The monoisotopic (exact) mass is 616 g/mol. The third kappa shape index (κ3) is 5.91. The molecule has 10 nitrogen and oxygen atoms in total. The fraction of sp³-hybridized carbons (Fsp3) is 0.394. The average molecular weight is 617 g/mol. The van der Waals surface area contributed by atoms with Crippen LogP contribution in [0, 0.1) is 6.92 Å². The molecule has 44 heavy (non-hydrogen) atoms. The van der Waals surface area contributed by atoms with Crippen LogP contribution in [0.3, 0.4) is 0 Å². The quantitative estimate of drug-likeness (QED) is 0.244. The number of rotatable bonds is 5. The molecule has 0 radical (unpaired) electrons. The summed E-state index contributed by atoms with van der Waals surface area (Å²) in [4.78, 5) is 56.8. The zero-order chi connectivity index (χ0) is 31.9. The number of aldehydes is 1. The lowest BCUT2D eigenvalue weighted by Crippen LogP contribution is -2.55. The Bertz CT molecular complexity index is 1810. The predicted molar refractivity (Wildman–Crippen MR) is 172 cm³/mol. The number of benzene rings is 1. The summed E-state index contributed by atoms with van der Waals surface area (Å²) in [5, 5.41) is 0.879. The molecule has 0 saturated carbocycles. The molecule has 0 spiro atoms. The number of fused-ring (bicyclic) bond motifs is 1. The number of hydrogen-bond acceptors (Lipinski definition) is 8. The summed E-state index contributed by atoms with van der Waals surface area (Å²) in [6.07, 6.45) is 2.11. The van der Waals surface area contributed by atoms with Crippen LogP contribution < -0.4 is 10.6 Å². The molecule has 0 N–H and O–H groups in total. The largest absolute Gasteiger partial charge is 0.444 e. The smallest absolute Gasteiger partial charge is 0.410 e. The molecule has 11 heteroatoms. The van der Waals surface area contributed by atoms with Gasteiger partial charge in [-0.2, -0.15) is 4.98 Å². The van der Waals surface area contributed by atoms with Crippen LogP contribution in [0.1, 0.15) is 69.1 Å². The molecule has 1 saturated heterocycles. The third-order valence-corrected chi connectivity index (χ3v) is 7.91. The summed E-state index contributed by atoms with van der Waals surface area (Å²) < 4.78 is 7.09. The van der Waals surface area contributed by atoms with Crippen molar-refractivity contribution in [1.29, 1.82) is 0 Å². The van der Waals surface area contributed by atoms with E-state index < -0.39 is 11.3 Å². The van der Waals surface area contributed by atoms with Crippen molar-refractivity contribution in [3.63, 3.8) is 0 Å². The Labute approximate surface area is 261 Å². The Morgan fingerprint density at radius 1 is 1.14 bits per heavy atom. The van der Waals surface area contributed by atoms with Gasteiger partial charge in [0.15, 0.2) is 11.9 Å². The van der Waals surface area contributed by atoms with Gasteiger partial charge < -0.3 is 14.5 Å². The maximum atomic E-state index is 14.1. The van der Waals surface area contributed by atoms with Crippen LogP contribution in [-0.2, 0) is 4.74 Å². The Morgan fingerprint density at radius 2 is 1.86 bits per heavy atom. The van der Waals surface area contributed by atoms with E-state index in [1.165, 1.54) is 4.57 Å². The van der Waals surface area contributed by atoms with Crippen molar-refractivity contribution >= 4 is 40.8 Å². The summed E-state index contributed by atoms with van der Waals surface area (Å²) in [7, 11) is 0. The van der Waals surface area contributed by atoms with E-state index in [1.54, 1.807) is 35.4 Å². The first-order chi connectivity index (χ1) is 20.8. The molecule has 1 aliphatic heterocycles. The lowest BCUT2D eigenvalue weighted by molar-refractivity contribution is 0.0218. The number of pyridine rings is 2. The number of nitrogens with zero attached hydrogens (tertiary/aromatic N) is 6. The van der Waals surface area contributed by atoms with Crippen LogP contribution in [0.2, 0.25) is 5.02 Å². The van der Waals surface area contributed by atoms with Crippen molar-refractivity contribution in [2.75, 3.05) is 24.5 Å². The third-order valence-electron chi connectivity index (χ3n) is 7.62. The predicted octanol–water partition coefficient (Wildman–Crippen LogP) is 6.19. The first-order valence-electron chi connectivity index (χ1n) is 14.7. The van der Waals surface area contributed by atoms with E-state index in [9.17, 15) is 14.4 Å². The van der Waals surface area contributed by atoms with Gasteiger partial charge in [0, 0.05) is 43.0 Å². The van der Waals surface area contributed by atoms with E-state index in [-0.39, 0.29) is 18.1 Å². The first kappa shape index (κ1) is 31.1. The number of ether oxygens (including phenoxy) is 1. The van der Waals surface area contributed by atoms with Gasteiger partial charge in [0.1, 0.15) is 11.4 Å². The number of carbonyl (C=O) groups is 2. The number of anilines is 1. The average Bonchev–Trinajstić information content (AvgIpc) is 2.96. The summed E-state index contributed by atoms with van der Waals surface area (Å²) in [5.74, 6) is 0.435. The summed E-state index contributed by atoms with van der Waals surface area (Å²) in [6, 6.07) is 10.5. The maximum Gasteiger partial charge on any atom is 0.410 e. The van der Waals surface area contributed by atoms with Crippen molar-refractivity contribution in [3.05, 3.63) is 74.9 Å². The fourth-order valence-electron chi connectivity index (χ4n) is 5.58. The Hall–Kier alpha value is -4.31. The van der Waals surface area contributed by atoms with E-state index in [4.69, 9.17) is 21.3 Å². The summed E-state index contributed by atoms with van der Waals surface area (Å²) in [6.45, 7) is 14.6. The molecule has 230 valence electrons. The number of piperazine rings is 1. The molecule has 3 aromatic heterocycles. The Morgan fingerprint density at radius 3 is 2.52 bits per heavy atom. The highest BCUT2D eigenvalue weighted by molar-refractivity contribution is 6.34. The highest BCUT2D eigenvalue weighted by Gasteiger charge is 2.33. The van der Waals surface area contributed by atoms with E-state index in [0.29, 0.717) is 64.0 Å². The van der Waals surface area contributed by atoms with Gasteiger partial charge in [-0.15, -0.1) is 0 Å². The van der Waals surface area contributed by atoms with E-state index in [2.05, 4.69) is 9.97 Å². The van der Waals surface area contributed by atoms with Gasteiger partial charge in [-0.25, -0.2) is 19.1 Å². The summed E-state index contributed by atoms with van der Waals surface area (Å²) in [5.41, 5.74) is 2.76. The van der Waals surface area contributed by atoms with Gasteiger partial charge in [-0.3, -0.25) is 9.78 Å². The molecule has 5 rings (SSSR count). The second-order valence-electron chi connectivity index (χ2n) is 12.4. The van der Waals surface area contributed by atoms with Crippen LogP contribution in [-0.4, -0.2) is 68.1 Å². The fourth-order valence-corrected chi connectivity index (χ4v) is 5.83. The first-order valence-corrected chi connectivity index (χ1v) is 15.1. The standard InChI is InChI=1S/C33H37ClN6O4/c1-19(2)26-28(20(3)12-13-35-26)40-30-24(16-25(34)27(36-30)23-11-9-8-10-22(23)18-41)29(37-31(40)42)39-15-14-38(17-21(39)4)32(43)44-33(5,6)7/h8-13,16,18-19,21H,14-15,17H2,1-7H3/t21-/m0/s1. The molecule has 1 aliphatic rings. The molecule has 1 fully saturated rings. The molecule has 0 aliphatic carbocycles. The van der Waals surface area contributed by atoms with Crippen molar-refractivity contribution in [3.8, 4) is 16.9 Å². The molecule has 1 aromatic carbocycles. The van der Waals surface area contributed by atoms with Crippen LogP contribution in [0.25, 0.3) is 28.0 Å². The molecule has 4 heterocycles. The Balaban J connectivity index is 1.74. The van der Waals surface area contributed by atoms with Crippen LogP contribution in [0.4, 0.5) is 10.6 Å². The van der Waals surface area contributed by atoms with Gasteiger partial charge in [-0.05, 0) is 58.2 Å². The van der Waals surface area contributed by atoms with Gasteiger partial charge in [0.25, 0.3) is 0 Å². The molecular formula is C33H37ClN6O4. The van der Waals surface area contributed by atoms with Gasteiger partial charge >= 0.3 is 11.8 Å². The van der Waals surface area contributed by atoms with E-state index in [0.717, 1.165) is 17.5 Å². The molecule has 1 atom stereocenters. The van der Waals surface area contributed by atoms with Crippen molar-refractivity contribution in [2.45, 2.75) is 66.0 Å². The number of amides is 1. The van der Waals surface area contributed by atoms with Crippen molar-refractivity contribution in [2.24, 2.45) is 0 Å². The number of aromatic nitrogens is 4. The minimum atomic E-state index is -0.610. The lowest BCUT2D eigenvalue weighted by atomic mass is 10.0. The SMILES string of the molecule is Cc1ccnc(C(C)C)c1-n1c(=O)nc(N2CCN(C(=O)OC(C)(C)C)C[C@@H]2C)c2cc(Cl)c(-c3ccccc3C=O)nc21. The molecular weight excluding hydrogens is 580 g/mol. The van der Waals surface area contributed by atoms with Crippen molar-refractivity contribution in [1.82, 2.24) is 24.4 Å². The number of aryl methyl sites for hydroxylation is 1. The highest BCUT2D eigenvalue weighted by atomic mass is 35.5. The topological polar surface area (TPSA) is 111 Å². The minimum absolute atomic E-state index is 0.00930. The number of hydrogen-bond donors (Lipinski definition) is 0. The minimum Gasteiger partial charge on any atom is -0.444 e.